The van der Waals surface area contributed by atoms with Crippen molar-refractivity contribution >= 4 is 11.7 Å². The molecule has 4 rings (SSSR count). The Morgan fingerprint density at radius 1 is 1.15 bits per heavy atom. The number of anilines is 1. The molecule has 0 saturated heterocycles. The fraction of sp³-hybridized carbons (Fsp3) is 0.350. The van der Waals surface area contributed by atoms with Crippen LogP contribution in [0.15, 0.2) is 30.3 Å². The molecule has 2 aliphatic rings. The zero-order valence-corrected chi connectivity index (χ0v) is 15.3. The Hall–Kier alpha value is -3.09. The summed E-state index contributed by atoms with van der Waals surface area (Å²) in [6, 6.07) is 8.99. The molecule has 0 spiro atoms. The monoisotopic (exact) mass is 370 g/mol. The molecule has 2 aliphatic heterocycles. The number of methoxy groups -OCH3 is 1. The van der Waals surface area contributed by atoms with Crippen LogP contribution in [0.1, 0.15) is 18.1 Å². The Bertz CT molecular complexity index is 868. The number of nitrogens with one attached hydrogen (secondary N) is 2. The van der Waals surface area contributed by atoms with Crippen LogP contribution in [0.4, 0.5) is 10.5 Å². The second-order valence-electron chi connectivity index (χ2n) is 6.57. The smallest absolute Gasteiger partial charge is 0.319 e. The minimum Gasteiger partial charge on any atom is -0.496 e. The van der Waals surface area contributed by atoms with Crippen LogP contribution in [0.2, 0.25) is 0 Å². The standard InChI is InChI=1S/C20H22N2O5/c1-12-7-13-8-15(3-4-16(13)27-12)22-20(23)21-11-14-9-18-19(10-17(14)24-2)26-6-5-25-18/h3-4,8-10,12H,5-7,11H2,1-2H3,(H2,21,22,23). The van der Waals surface area contributed by atoms with Crippen molar-refractivity contribution in [3.8, 4) is 23.0 Å². The first-order valence-electron chi connectivity index (χ1n) is 8.93. The van der Waals surface area contributed by atoms with E-state index in [2.05, 4.69) is 10.6 Å². The number of ether oxygens (including phenoxy) is 4. The number of carbonyl (C=O) groups excluding carboxylic acids is 1. The van der Waals surface area contributed by atoms with Gasteiger partial charge in [0.2, 0.25) is 0 Å². The van der Waals surface area contributed by atoms with Crippen molar-refractivity contribution in [1.29, 1.82) is 0 Å². The average molecular weight is 370 g/mol. The summed E-state index contributed by atoms with van der Waals surface area (Å²) >= 11 is 0. The van der Waals surface area contributed by atoms with Gasteiger partial charge >= 0.3 is 6.03 Å². The molecule has 0 bridgehead atoms. The Balaban J connectivity index is 1.40. The van der Waals surface area contributed by atoms with Gasteiger partial charge in [-0.1, -0.05) is 0 Å². The number of amides is 2. The minimum atomic E-state index is -0.293. The maximum absolute atomic E-state index is 12.3. The molecule has 2 aromatic rings. The summed E-state index contributed by atoms with van der Waals surface area (Å²) < 4.78 is 22.2. The highest BCUT2D eigenvalue weighted by Crippen LogP contribution is 2.36. The first-order valence-corrected chi connectivity index (χ1v) is 8.93. The van der Waals surface area contributed by atoms with Crippen LogP contribution in [-0.2, 0) is 13.0 Å². The van der Waals surface area contributed by atoms with Crippen LogP contribution in [0.25, 0.3) is 0 Å². The molecule has 0 radical (unpaired) electrons. The Morgan fingerprint density at radius 2 is 1.93 bits per heavy atom. The van der Waals surface area contributed by atoms with E-state index >= 15 is 0 Å². The van der Waals surface area contributed by atoms with Crippen LogP contribution in [0, 0.1) is 0 Å². The number of fused-ring (bicyclic) bond motifs is 2. The minimum absolute atomic E-state index is 0.173. The maximum atomic E-state index is 12.3. The second kappa shape index (κ2) is 7.26. The van der Waals surface area contributed by atoms with Gasteiger partial charge in [0.15, 0.2) is 11.5 Å². The number of urea groups is 1. The molecule has 0 saturated carbocycles. The first-order chi connectivity index (χ1) is 13.1. The summed E-state index contributed by atoms with van der Waals surface area (Å²) in [5.74, 6) is 2.84. The zero-order valence-electron chi connectivity index (χ0n) is 15.3. The van der Waals surface area contributed by atoms with Crippen LogP contribution in [-0.4, -0.2) is 32.5 Å². The van der Waals surface area contributed by atoms with Gasteiger partial charge in [-0.25, -0.2) is 4.79 Å². The van der Waals surface area contributed by atoms with E-state index in [9.17, 15) is 4.79 Å². The molecule has 0 aliphatic carbocycles. The van der Waals surface area contributed by atoms with Gasteiger partial charge in [-0.15, -0.1) is 0 Å². The molecule has 2 N–H and O–H groups in total. The third-order valence-corrected chi connectivity index (χ3v) is 4.54. The molecule has 0 aromatic heterocycles. The molecule has 2 aromatic carbocycles. The molecule has 1 unspecified atom stereocenters. The second-order valence-corrected chi connectivity index (χ2v) is 6.57. The van der Waals surface area contributed by atoms with Gasteiger partial charge < -0.3 is 29.6 Å². The lowest BCUT2D eigenvalue weighted by molar-refractivity contribution is 0.170. The van der Waals surface area contributed by atoms with Crippen molar-refractivity contribution in [2.75, 3.05) is 25.6 Å². The highest BCUT2D eigenvalue weighted by atomic mass is 16.6. The number of carbonyl (C=O) groups is 1. The van der Waals surface area contributed by atoms with E-state index in [0.717, 1.165) is 29.0 Å². The van der Waals surface area contributed by atoms with E-state index in [1.165, 1.54) is 0 Å². The van der Waals surface area contributed by atoms with E-state index in [4.69, 9.17) is 18.9 Å². The van der Waals surface area contributed by atoms with Gasteiger partial charge in [0.1, 0.15) is 30.8 Å². The van der Waals surface area contributed by atoms with Crippen molar-refractivity contribution in [2.45, 2.75) is 26.0 Å². The molecule has 27 heavy (non-hydrogen) atoms. The number of benzene rings is 2. The molecule has 7 nitrogen and oxygen atoms in total. The summed E-state index contributed by atoms with van der Waals surface area (Å²) in [6.07, 6.45) is 1.02. The van der Waals surface area contributed by atoms with E-state index < -0.39 is 0 Å². The summed E-state index contributed by atoms with van der Waals surface area (Å²) in [5, 5.41) is 5.70. The lowest BCUT2D eigenvalue weighted by Gasteiger charge is -2.21. The summed E-state index contributed by atoms with van der Waals surface area (Å²) in [4.78, 5) is 12.3. The molecule has 142 valence electrons. The molecule has 7 heteroatoms. The Labute approximate surface area is 157 Å². The summed E-state index contributed by atoms with van der Waals surface area (Å²) in [7, 11) is 1.59. The molecule has 2 amide bonds. The van der Waals surface area contributed by atoms with E-state index in [0.29, 0.717) is 37.0 Å². The van der Waals surface area contributed by atoms with Gasteiger partial charge in [0.05, 0.1) is 7.11 Å². The molecular formula is C20H22N2O5. The van der Waals surface area contributed by atoms with Gasteiger partial charge in [-0.05, 0) is 36.8 Å². The van der Waals surface area contributed by atoms with Crippen molar-refractivity contribution in [3.63, 3.8) is 0 Å². The predicted molar refractivity (Wildman–Crippen MR) is 100 cm³/mol. The van der Waals surface area contributed by atoms with Crippen molar-refractivity contribution < 1.29 is 23.7 Å². The maximum Gasteiger partial charge on any atom is 0.319 e. The van der Waals surface area contributed by atoms with Gasteiger partial charge in [-0.3, -0.25) is 0 Å². The average Bonchev–Trinajstić information content (AvgIpc) is 3.04. The fourth-order valence-corrected chi connectivity index (χ4v) is 3.29. The largest absolute Gasteiger partial charge is 0.496 e. The van der Waals surface area contributed by atoms with Gasteiger partial charge in [0, 0.05) is 30.3 Å². The molecule has 0 fully saturated rings. The van der Waals surface area contributed by atoms with E-state index in [1.807, 2.05) is 31.2 Å². The predicted octanol–water partition coefficient (Wildman–Crippen LogP) is 3.11. The third kappa shape index (κ3) is 3.72. The lowest BCUT2D eigenvalue weighted by Crippen LogP contribution is -2.28. The molecular weight excluding hydrogens is 348 g/mol. The van der Waals surface area contributed by atoms with E-state index in [1.54, 1.807) is 13.2 Å². The summed E-state index contributed by atoms with van der Waals surface area (Å²) in [5.41, 5.74) is 2.65. The van der Waals surface area contributed by atoms with Crippen LogP contribution in [0.3, 0.4) is 0 Å². The van der Waals surface area contributed by atoms with Crippen LogP contribution in [0.5, 0.6) is 23.0 Å². The van der Waals surface area contributed by atoms with Gasteiger partial charge in [0.25, 0.3) is 0 Å². The molecule has 2 heterocycles. The highest BCUT2D eigenvalue weighted by molar-refractivity contribution is 5.89. The van der Waals surface area contributed by atoms with Gasteiger partial charge in [-0.2, -0.15) is 0 Å². The quantitative estimate of drug-likeness (QED) is 0.865. The van der Waals surface area contributed by atoms with Crippen LogP contribution >= 0.6 is 0 Å². The molecule has 1 atom stereocenters. The number of rotatable bonds is 4. The third-order valence-electron chi connectivity index (χ3n) is 4.54. The van der Waals surface area contributed by atoms with Crippen LogP contribution < -0.4 is 29.6 Å². The topological polar surface area (TPSA) is 78.1 Å². The SMILES string of the molecule is COc1cc2c(cc1CNC(=O)Nc1ccc3c(c1)CC(C)O3)OCCO2. The Kier molecular flexibility index (Phi) is 4.66. The normalized spacial score (nSPS) is 16.9. The van der Waals surface area contributed by atoms with Crippen molar-refractivity contribution in [1.82, 2.24) is 5.32 Å². The summed E-state index contributed by atoms with van der Waals surface area (Å²) in [6.45, 7) is 3.35. The van der Waals surface area contributed by atoms with Crippen molar-refractivity contribution in [2.24, 2.45) is 0 Å². The van der Waals surface area contributed by atoms with Crippen molar-refractivity contribution in [3.05, 3.63) is 41.5 Å². The number of hydrogen-bond acceptors (Lipinski definition) is 5. The zero-order chi connectivity index (χ0) is 18.8. The first kappa shape index (κ1) is 17.3. The van der Waals surface area contributed by atoms with E-state index in [-0.39, 0.29) is 12.1 Å². The Morgan fingerprint density at radius 3 is 2.70 bits per heavy atom. The number of hydrogen-bond donors (Lipinski definition) is 2. The lowest BCUT2D eigenvalue weighted by atomic mass is 10.1. The highest BCUT2D eigenvalue weighted by Gasteiger charge is 2.20. The fourth-order valence-electron chi connectivity index (χ4n) is 3.29.